The van der Waals surface area contributed by atoms with Crippen molar-refractivity contribution in [1.29, 1.82) is 0 Å². The van der Waals surface area contributed by atoms with E-state index in [9.17, 15) is 9.90 Å². The monoisotopic (exact) mass is 282 g/mol. The van der Waals surface area contributed by atoms with Crippen LogP contribution in [0.25, 0.3) is 0 Å². The maximum atomic E-state index is 11.8. The smallest absolute Gasteiger partial charge is 0.269 e. The molecule has 2 heterocycles. The summed E-state index contributed by atoms with van der Waals surface area (Å²) in [5, 5.41) is 19.3. The second-order valence-corrected chi connectivity index (χ2v) is 5.40. The minimum absolute atomic E-state index is 0.0350. The van der Waals surface area contributed by atoms with E-state index < -0.39 is 6.10 Å². The fourth-order valence-corrected chi connectivity index (χ4v) is 2.49. The fraction of sp³-hybridized carbons (Fsp3) is 0.692. The molecule has 1 aromatic rings. The van der Waals surface area contributed by atoms with Crippen LogP contribution in [0.1, 0.15) is 23.8 Å². The summed E-state index contributed by atoms with van der Waals surface area (Å²) < 4.78 is 5.73. The van der Waals surface area contributed by atoms with Crippen LogP contribution in [0.5, 0.6) is 0 Å². The highest BCUT2D eigenvalue weighted by Gasteiger charge is 2.36. The lowest BCUT2D eigenvalue weighted by atomic mass is 9.95. The van der Waals surface area contributed by atoms with E-state index >= 15 is 0 Å². The Labute approximate surface area is 118 Å². The number of aliphatic hydroxyl groups excluding tert-OH is 1. The first kappa shape index (κ1) is 15.0. The molecule has 4 atom stereocenters. The quantitative estimate of drug-likeness (QED) is 0.699. The van der Waals surface area contributed by atoms with Crippen LogP contribution < -0.4 is 5.32 Å². The molecular formula is C13H22N4O3. The van der Waals surface area contributed by atoms with Gasteiger partial charge in [-0.1, -0.05) is 0 Å². The molecule has 112 valence electrons. The van der Waals surface area contributed by atoms with Crippen molar-refractivity contribution < 1.29 is 14.6 Å². The van der Waals surface area contributed by atoms with Crippen LogP contribution in [0.3, 0.4) is 0 Å². The molecule has 0 aliphatic carbocycles. The topological polar surface area (TPSA) is 90.5 Å². The number of aromatic nitrogens is 2. The zero-order chi connectivity index (χ0) is 14.7. The van der Waals surface area contributed by atoms with E-state index in [1.54, 1.807) is 6.07 Å². The zero-order valence-corrected chi connectivity index (χ0v) is 12.0. The number of carbonyl (C=O) groups is 1. The number of H-pyrrole nitrogens is 1. The predicted octanol–water partition coefficient (Wildman–Crippen LogP) is -0.392. The van der Waals surface area contributed by atoms with Gasteiger partial charge in [0.1, 0.15) is 5.69 Å². The first-order valence-corrected chi connectivity index (χ1v) is 6.76. The van der Waals surface area contributed by atoms with Crippen LogP contribution in [0, 0.1) is 0 Å². The lowest BCUT2D eigenvalue weighted by Gasteiger charge is -2.41. The predicted molar refractivity (Wildman–Crippen MR) is 73.4 cm³/mol. The Bertz CT molecular complexity index is 435. The summed E-state index contributed by atoms with van der Waals surface area (Å²) >= 11 is 0. The normalized spacial score (nSPS) is 30.4. The van der Waals surface area contributed by atoms with Crippen LogP contribution in [0.4, 0.5) is 0 Å². The molecule has 0 saturated carbocycles. The summed E-state index contributed by atoms with van der Waals surface area (Å²) in [6, 6.07) is 1.65. The number of nitrogens with zero attached hydrogens (tertiary/aromatic N) is 2. The van der Waals surface area contributed by atoms with Gasteiger partial charge in [0.05, 0.1) is 18.3 Å². The molecule has 2 unspecified atom stereocenters. The molecule has 1 amide bonds. The molecule has 3 N–H and O–H groups in total. The average Bonchev–Trinajstić information content (AvgIpc) is 2.93. The molecule has 0 aromatic carbocycles. The number of carbonyl (C=O) groups excluding carboxylic acids is 1. The SMILES string of the molecule is C[C@@H]1O[C@H](CNC(=O)c2ccn[nH]2)CC(N(C)C)C1O. The van der Waals surface area contributed by atoms with E-state index in [0.717, 1.165) is 0 Å². The Morgan fingerprint density at radius 2 is 2.40 bits per heavy atom. The number of likely N-dealkylation sites (N-methyl/N-ethyl adjacent to an activating group) is 1. The van der Waals surface area contributed by atoms with Gasteiger partial charge in [0, 0.05) is 18.8 Å². The van der Waals surface area contributed by atoms with Crippen molar-refractivity contribution in [1.82, 2.24) is 20.4 Å². The lowest BCUT2D eigenvalue weighted by Crippen LogP contribution is -2.54. The minimum atomic E-state index is -0.510. The molecule has 1 aliphatic rings. The van der Waals surface area contributed by atoms with Crippen molar-refractivity contribution >= 4 is 5.91 Å². The molecule has 1 fully saturated rings. The van der Waals surface area contributed by atoms with Crippen molar-refractivity contribution in [3.05, 3.63) is 18.0 Å². The highest BCUT2D eigenvalue weighted by Crippen LogP contribution is 2.22. The Kier molecular flexibility index (Phi) is 4.74. The molecule has 0 spiro atoms. The van der Waals surface area contributed by atoms with E-state index in [4.69, 9.17) is 4.74 Å². The van der Waals surface area contributed by atoms with Crippen LogP contribution in [0.15, 0.2) is 12.3 Å². The van der Waals surface area contributed by atoms with Gasteiger partial charge >= 0.3 is 0 Å². The Hall–Kier alpha value is -1.44. The molecule has 1 aliphatic heterocycles. The second-order valence-electron chi connectivity index (χ2n) is 5.40. The first-order valence-electron chi connectivity index (χ1n) is 6.76. The van der Waals surface area contributed by atoms with E-state index in [0.29, 0.717) is 18.7 Å². The number of rotatable bonds is 4. The number of hydrogen-bond acceptors (Lipinski definition) is 5. The van der Waals surface area contributed by atoms with Gasteiger partial charge in [-0.2, -0.15) is 5.10 Å². The summed E-state index contributed by atoms with van der Waals surface area (Å²) in [4.78, 5) is 13.8. The Morgan fingerprint density at radius 3 is 3.00 bits per heavy atom. The third-order valence-electron chi connectivity index (χ3n) is 3.69. The van der Waals surface area contributed by atoms with Crippen molar-refractivity contribution in [2.45, 2.75) is 37.7 Å². The number of ether oxygens (including phenoxy) is 1. The number of hydrogen-bond donors (Lipinski definition) is 3. The standard InChI is InChI=1S/C13H22N4O3/c1-8-12(18)11(17(2)3)6-9(20-8)7-14-13(19)10-4-5-15-16-10/h4-5,8-9,11-12,18H,6-7H2,1-3H3,(H,14,19)(H,15,16)/t8-,9-,11?,12?/m0/s1. The van der Waals surface area contributed by atoms with Crippen molar-refractivity contribution in [2.75, 3.05) is 20.6 Å². The van der Waals surface area contributed by atoms with Crippen LogP contribution in [0.2, 0.25) is 0 Å². The molecule has 0 bridgehead atoms. The summed E-state index contributed by atoms with van der Waals surface area (Å²) in [6.45, 7) is 2.27. The van der Waals surface area contributed by atoms with E-state index in [2.05, 4.69) is 15.5 Å². The maximum Gasteiger partial charge on any atom is 0.269 e. The highest BCUT2D eigenvalue weighted by molar-refractivity contribution is 5.92. The van der Waals surface area contributed by atoms with E-state index in [1.807, 2.05) is 25.9 Å². The van der Waals surface area contributed by atoms with Gasteiger partial charge in [-0.3, -0.25) is 9.89 Å². The molecule has 0 radical (unpaired) electrons. The maximum absolute atomic E-state index is 11.8. The van der Waals surface area contributed by atoms with Gasteiger partial charge in [-0.05, 0) is 33.5 Å². The first-order chi connectivity index (χ1) is 9.49. The largest absolute Gasteiger partial charge is 0.389 e. The molecule has 7 nitrogen and oxygen atoms in total. The van der Waals surface area contributed by atoms with E-state index in [-0.39, 0.29) is 24.2 Å². The summed E-state index contributed by atoms with van der Waals surface area (Å²) in [5.74, 6) is -0.203. The van der Waals surface area contributed by atoms with Gasteiger partial charge in [-0.15, -0.1) is 0 Å². The minimum Gasteiger partial charge on any atom is -0.389 e. The third kappa shape index (κ3) is 3.36. The fourth-order valence-electron chi connectivity index (χ4n) is 2.49. The Balaban J connectivity index is 1.88. The summed E-state index contributed by atoms with van der Waals surface area (Å²) in [7, 11) is 3.87. The molecule has 1 saturated heterocycles. The third-order valence-corrected chi connectivity index (χ3v) is 3.69. The van der Waals surface area contributed by atoms with Gasteiger partial charge in [-0.25, -0.2) is 0 Å². The number of aliphatic hydroxyl groups is 1. The number of amides is 1. The van der Waals surface area contributed by atoms with Gasteiger partial charge in [0.15, 0.2) is 0 Å². The highest BCUT2D eigenvalue weighted by atomic mass is 16.5. The Morgan fingerprint density at radius 1 is 1.65 bits per heavy atom. The van der Waals surface area contributed by atoms with Crippen LogP contribution >= 0.6 is 0 Å². The second kappa shape index (κ2) is 6.34. The van der Waals surface area contributed by atoms with Crippen LogP contribution in [-0.4, -0.2) is 71.1 Å². The number of aromatic amines is 1. The van der Waals surface area contributed by atoms with Gasteiger partial charge in [0.25, 0.3) is 5.91 Å². The van der Waals surface area contributed by atoms with Crippen molar-refractivity contribution in [2.24, 2.45) is 0 Å². The zero-order valence-electron chi connectivity index (χ0n) is 12.0. The number of nitrogens with one attached hydrogen (secondary N) is 2. The molecule has 1 aromatic heterocycles. The summed E-state index contributed by atoms with van der Waals surface area (Å²) in [6.07, 6.45) is 1.36. The van der Waals surface area contributed by atoms with Crippen molar-refractivity contribution in [3.8, 4) is 0 Å². The van der Waals surface area contributed by atoms with Gasteiger partial charge < -0.3 is 20.1 Å². The average molecular weight is 282 g/mol. The molecule has 7 heteroatoms. The molecule has 2 rings (SSSR count). The van der Waals surface area contributed by atoms with Crippen LogP contribution in [-0.2, 0) is 4.74 Å². The van der Waals surface area contributed by atoms with E-state index in [1.165, 1.54) is 6.20 Å². The van der Waals surface area contributed by atoms with Gasteiger partial charge in [0.2, 0.25) is 0 Å². The molecule has 20 heavy (non-hydrogen) atoms. The van der Waals surface area contributed by atoms with Crippen molar-refractivity contribution in [3.63, 3.8) is 0 Å². The molecular weight excluding hydrogens is 260 g/mol. The summed E-state index contributed by atoms with van der Waals surface area (Å²) in [5.41, 5.74) is 0.429. The lowest BCUT2D eigenvalue weighted by molar-refractivity contribution is -0.138.